The summed E-state index contributed by atoms with van der Waals surface area (Å²) in [5, 5.41) is 4.24. The molecule has 1 unspecified atom stereocenters. The largest absolute Gasteiger partial charge is 0.294 e. The van der Waals surface area contributed by atoms with Crippen LogP contribution in [0.1, 0.15) is 37.0 Å². The van der Waals surface area contributed by atoms with Crippen LogP contribution in [0.3, 0.4) is 0 Å². The van der Waals surface area contributed by atoms with Gasteiger partial charge < -0.3 is 0 Å². The Kier molecular flexibility index (Phi) is 4.66. The Labute approximate surface area is 119 Å². The summed E-state index contributed by atoms with van der Waals surface area (Å²) in [6, 6.07) is 9.42. The van der Waals surface area contributed by atoms with Gasteiger partial charge in [-0.25, -0.2) is 9.67 Å². The van der Waals surface area contributed by atoms with Gasteiger partial charge in [0.2, 0.25) is 0 Å². The van der Waals surface area contributed by atoms with Crippen LogP contribution in [0.5, 0.6) is 0 Å². The van der Waals surface area contributed by atoms with Crippen molar-refractivity contribution in [2.24, 2.45) is 11.8 Å². The van der Waals surface area contributed by atoms with E-state index in [-0.39, 0.29) is 11.7 Å². The van der Waals surface area contributed by atoms with Gasteiger partial charge in [-0.1, -0.05) is 51.1 Å². The first kappa shape index (κ1) is 14.4. The molecule has 1 heterocycles. The third-order valence-electron chi connectivity index (χ3n) is 3.23. The predicted molar refractivity (Wildman–Crippen MR) is 78.5 cm³/mol. The van der Waals surface area contributed by atoms with Gasteiger partial charge in [0.15, 0.2) is 5.78 Å². The Bertz CT molecular complexity index is 560. The lowest BCUT2D eigenvalue weighted by atomic mass is 9.96. The van der Waals surface area contributed by atoms with Gasteiger partial charge in [-0.05, 0) is 5.92 Å². The zero-order chi connectivity index (χ0) is 14.5. The summed E-state index contributed by atoms with van der Waals surface area (Å²) in [5.41, 5.74) is 0.759. The van der Waals surface area contributed by atoms with Crippen molar-refractivity contribution in [2.45, 2.75) is 33.7 Å². The second kappa shape index (κ2) is 6.46. The normalized spacial score (nSPS) is 12.6. The summed E-state index contributed by atoms with van der Waals surface area (Å²) in [4.78, 5) is 16.6. The number of ketones is 1. The third-order valence-corrected chi connectivity index (χ3v) is 3.23. The van der Waals surface area contributed by atoms with Gasteiger partial charge in [0.05, 0.1) is 0 Å². The molecule has 0 aliphatic carbocycles. The van der Waals surface area contributed by atoms with Crippen molar-refractivity contribution in [3.05, 3.63) is 48.0 Å². The van der Waals surface area contributed by atoms with Gasteiger partial charge in [-0.15, -0.1) is 0 Å². The monoisotopic (exact) mass is 271 g/mol. The quantitative estimate of drug-likeness (QED) is 0.759. The molecule has 0 saturated heterocycles. The van der Waals surface area contributed by atoms with E-state index in [2.05, 4.69) is 23.9 Å². The second-order valence-electron chi connectivity index (χ2n) is 5.59. The van der Waals surface area contributed by atoms with Gasteiger partial charge in [-0.2, -0.15) is 5.10 Å². The number of hydrogen-bond acceptors (Lipinski definition) is 3. The Hall–Kier alpha value is -1.97. The van der Waals surface area contributed by atoms with Crippen molar-refractivity contribution in [1.29, 1.82) is 0 Å². The average Bonchev–Trinajstić information content (AvgIpc) is 2.85. The Morgan fingerprint density at radius 3 is 2.55 bits per heavy atom. The topological polar surface area (TPSA) is 47.8 Å². The van der Waals surface area contributed by atoms with Crippen LogP contribution in [0.25, 0.3) is 0 Å². The molecule has 2 aromatic rings. The highest BCUT2D eigenvalue weighted by atomic mass is 16.1. The maximum atomic E-state index is 12.3. The maximum absolute atomic E-state index is 12.3. The van der Waals surface area contributed by atoms with Gasteiger partial charge >= 0.3 is 0 Å². The van der Waals surface area contributed by atoms with Crippen LogP contribution in [0, 0.1) is 11.8 Å². The number of benzene rings is 1. The number of hydrogen-bond donors (Lipinski definition) is 0. The number of aromatic nitrogens is 3. The molecule has 106 valence electrons. The highest BCUT2D eigenvalue weighted by Gasteiger charge is 2.18. The molecule has 0 fully saturated rings. The van der Waals surface area contributed by atoms with Crippen LogP contribution in [-0.2, 0) is 13.0 Å². The first-order valence-electron chi connectivity index (χ1n) is 7.04. The molecule has 0 radical (unpaired) electrons. The number of carbonyl (C=O) groups is 1. The summed E-state index contributed by atoms with van der Waals surface area (Å²) in [7, 11) is 0. The summed E-state index contributed by atoms with van der Waals surface area (Å²) in [5.74, 6) is 1.46. The van der Waals surface area contributed by atoms with E-state index in [1.54, 1.807) is 6.33 Å². The fourth-order valence-electron chi connectivity index (χ4n) is 2.20. The van der Waals surface area contributed by atoms with Gasteiger partial charge in [-0.3, -0.25) is 4.79 Å². The van der Waals surface area contributed by atoms with Crippen LogP contribution in [0.15, 0.2) is 36.7 Å². The zero-order valence-electron chi connectivity index (χ0n) is 12.3. The molecular formula is C16H21N3O. The van der Waals surface area contributed by atoms with Crippen LogP contribution in [0.4, 0.5) is 0 Å². The summed E-state index contributed by atoms with van der Waals surface area (Å²) in [6.45, 7) is 7.07. The number of rotatable bonds is 6. The lowest BCUT2D eigenvalue weighted by Crippen LogP contribution is -2.18. The molecular weight excluding hydrogens is 250 g/mol. The highest BCUT2D eigenvalue weighted by molar-refractivity contribution is 5.97. The average molecular weight is 271 g/mol. The molecule has 4 heteroatoms. The first-order valence-corrected chi connectivity index (χ1v) is 7.04. The van der Waals surface area contributed by atoms with E-state index in [1.165, 1.54) is 0 Å². The van der Waals surface area contributed by atoms with E-state index in [0.29, 0.717) is 12.3 Å². The summed E-state index contributed by atoms with van der Waals surface area (Å²) >= 11 is 0. The van der Waals surface area contributed by atoms with Crippen molar-refractivity contribution in [3.63, 3.8) is 0 Å². The first-order chi connectivity index (χ1) is 9.58. The van der Waals surface area contributed by atoms with E-state index in [9.17, 15) is 4.79 Å². The third kappa shape index (κ3) is 3.53. The van der Waals surface area contributed by atoms with Crippen molar-refractivity contribution in [3.8, 4) is 0 Å². The molecule has 0 N–H and O–H groups in total. The molecule has 0 spiro atoms. The van der Waals surface area contributed by atoms with Crippen LogP contribution < -0.4 is 0 Å². The molecule has 0 aliphatic heterocycles. The fraction of sp³-hybridized carbons (Fsp3) is 0.438. The molecule has 0 bridgehead atoms. The molecule has 1 atom stereocenters. The van der Waals surface area contributed by atoms with E-state index in [4.69, 9.17) is 0 Å². The van der Waals surface area contributed by atoms with Crippen molar-refractivity contribution in [1.82, 2.24) is 14.8 Å². The summed E-state index contributed by atoms with van der Waals surface area (Å²) < 4.78 is 1.90. The highest BCUT2D eigenvalue weighted by Crippen LogP contribution is 2.13. The van der Waals surface area contributed by atoms with Crippen molar-refractivity contribution in [2.75, 3.05) is 0 Å². The minimum atomic E-state index is -0.0903. The Balaban J connectivity index is 2.06. The molecule has 4 nitrogen and oxygen atoms in total. The lowest BCUT2D eigenvalue weighted by molar-refractivity contribution is 0.0927. The van der Waals surface area contributed by atoms with Crippen molar-refractivity contribution < 1.29 is 4.79 Å². The number of Topliss-reactive ketones (excluding diaryl/α,β-unsaturated/α-hetero) is 1. The van der Waals surface area contributed by atoms with Gasteiger partial charge in [0.25, 0.3) is 0 Å². The Morgan fingerprint density at radius 2 is 1.90 bits per heavy atom. The Morgan fingerprint density at radius 1 is 1.20 bits per heavy atom. The number of carbonyl (C=O) groups excluding carboxylic acids is 1. The lowest BCUT2D eigenvalue weighted by Gasteiger charge is -2.12. The predicted octanol–water partition coefficient (Wildman–Crippen LogP) is 3.00. The fourth-order valence-corrected chi connectivity index (χ4v) is 2.20. The van der Waals surface area contributed by atoms with Crippen molar-refractivity contribution >= 4 is 5.78 Å². The van der Waals surface area contributed by atoms with E-state index >= 15 is 0 Å². The van der Waals surface area contributed by atoms with E-state index in [0.717, 1.165) is 17.9 Å². The number of nitrogens with zero attached hydrogens (tertiary/aromatic N) is 3. The van der Waals surface area contributed by atoms with Crippen LogP contribution in [-0.4, -0.2) is 20.5 Å². The molecule has 20 heavy (non-hydrogen) atoms. The molecule has 1 aromatic heterocycles. The summed E-state index contributed by atoms with van der Waals surface area (Å²) in [6.07, 6.45) is 2.19. The van der Waals surface area contributed by atoms with Gasteiger partial charge in [0.1, 0.15) is 12.2 Å². The molecule has 0 saturated carbocycles. The second-order valence-corrected chi connectivity index (χ2v) is 5.59. The molecule has 0 aliphatic rings. The minimum Gasteiger partial charge on any atom is -0.294 e. The standard InChI is InChI=1S/C16H21N3O/c1-12(2)10-19-15(17-11-18-19)9-13(3)16(20)14-7-5-4-6-8-14/h4-8,11-13H,9-10H2,1-3H3. The maximum Gasteiger partial charge on any atom is 0.166 e. The van der Waals surface area contributed by atoms with E-state index in [1.807, 2.05) is 41.9 Å². The van der Waals surface area contributed by atoms with Crippen LogP contribution >= 0.6 is 0 Å². The SMILES string of the molecule is CC(C)Cn1ncnc1CC(C)C(=O)c1ccccc1. The molecule has 1 aromatic carbocycles. The minimum absolute atomic E-state index is 0.0903. The molecule has 0 amide bonds. The van der Waals surface area contributed by atoms with E-state index < -0.39 is 0 Å². The molecule has 2 rings (SSSR count). The smallest absolute Gasteiger partial charge is 0.166 e. The van der Waals surface area contributed by atoms with Gasteiger partial charge in [0, 0.05) is 24.4 Å². The van der Waals surface area contributed by atoms with Crippen LogP contribution in [0.2, 0.25) is 0 Å². The zero-order valence-corrected chi connectivity index (χ0v) is 12.3.